The van der Waals surface area contributed by atoms with Crippen LogP contribution in [0, 0.1) is 0 Å². The molecule has 6 rings (SSSR count). The SMILES string of the molecule is CCCc1ccccc1N1C(=O)CS/C1=N\C(=O)NC1CC1c1ccc(-c2ncn(-c3ccc(OC(F)(F)F)cc3)n2)cc1. The van der Waals surface area contributed by atoms with Crippen LogP contribution in [-0.4, -0.2) is 50.0 Å². The Morgan fingerprint density at radius 2 is 1.84 bits per heavy atom. The summed E-state index contributed by atoms with van der Waals surface area (Å²) >= 11 is 1.26. The Balaban J connectivity index is 1.07. The Bertz CT molecular complexity index is 1710. The third kappa shape index (κ3) is 6.62. The minimum Gasteiger partial charge on any atom is -0.406 e. The molecule has 1 aliphatic heterocycles. The molecule has 3 amide bonds. The van der Waals surface area contributed by atoms with Crippen LogP contribution < -0.4 is 15.0 Å². The number of amidine groups is 1. The number of alkyl halides is 3. The molecule has 1 aromatic heterocycles. The van der Waals surface area contributed by atoms with Gasteiger partial charge in [-0.2, -0.15) is 4.99 Å². The summed E-state index contributed by atoms with van der Waals surface area (Å²) in [6, 6.07) is 20.2. The number of carbonyl (C=O) groups excluding carboxylic acids is 2. The Labute approximate surface area is 255 Å². The highest BCUT2D eigenvalue weighted by Crippen LogP contribution is 2.41. The maximum absolute atomic E-state index is 12.8. The highest BCUT2D eigenvalue weighted by atomic mass is 32.2. The molecule has 2 atom stereocenters. The number of ether oxygens (including phenoxy) is 1. The molecule has 9 nitrogen and oxygen atoms in total. The lowest BCUT2D eigenvalue weighted by Gasteiger charge is -2.19. The molecule has 0 radical (unpaired) electrons. The van der Waals surface area contributed by atoms with Gasteiger partial charge in [0.05, 0.1) is 17.1 Å². The highest BCUT2D eigenvalue weighted by Gasteiger charge is 2.40. The number of nitrogens with zero attached hydrogens (tertiary/aromatic N) is 5. The molecule has 13 heteroatoms. The topological polar surface area (TPSA) is 102 Å². The van der Waals surface area contributed by atoms with Crippen LogP contribution in [0.5, 0.6) is 5.75 Å². The second-order valence-electron chi connectivity index (χ2n) is 10.4. The normalized spacial score (nSPS) is 19.0. The standard InChI is InChI=1S/C31H27F3N6O3S/c1-2-5-20-6-3-4-7-26(20)40-27(41)17-44-30(40)37-29(42)36-25-16-24(25)19-8-10-21(11-9-19)28-35-18-39(38-28)22-12-14-23(15-13-22)43-31(32,33)34/h3-4,6-15,18,24-25H,2,5,16-17H2,1H3,(H,36,42)/b37-30-. The third-order valence-corrected chi connectivity index (χ3v) is 8.16. The van der Waals surface area contributed by atoms with E-state index >= 15 is 0 Å². The van der Waals surface area contributed by atoms with Crippen LogP contribution in [0.3, 0.4) is 0 Å². The minimum absolute atomic E-state index is 0.0673. The van der Waals surface area contributed by atoms with E-state index in [1.165, 1.54) is 47.0 Å². The van der Waals surface area contributed by atoms with Crippen molar-refractivity contribution < 1.29 is 27.5 Å². The largest absolute Gasteiger partial charge is 0.573 e. The van der Waals surface area contributed by atoms with E-state index in [-0.39, 0.29) is 29.4 Å². The summed E-state index contributed by atoms with van der Waals surface area (Å²) in [5.74, 6) is 0.415. The highest BCUT2D eigenvalue weighted by molar-refractivity contribution is 8.15. The van der Waals surface area contributed by atoms with Crippen molar-refractivity contribution in [1.29, 1.82) is 0 Å². The zero-order valence-corrected chi connectivity index (χ0v) is 24.3. The predicted octanol–water partition coefficient (Wildman–Crippen LogP) is 6.49. The average Bonchev–Trinajstić information content (AvgIpc) is 3.40. The zero-order valence-electron chi connectivity index (χ0n) is 23.5. The molecule has 1 aliphatic carbocycles. The summed E-state index contributed by atoms with van der Waals surface area (Å²) in [6.07, 6.45) is -0.746. The van der Waals surface area contributed by atoms with Gasteiger partial charge < -0.3 is 10.1 Å². The van der Waals surface area contributed by atoms with Gasteiger partial charge >= 0.3 is 12.4 Å². The number of aryl methyl sites for hydroxylation is 1. The molecule has 1 saturated heterocycles. The van der Waals surface area contributed by atoms with Gasteiger partial charge in [-0.1, -0.05) is 67.6 Å². The van der Waals surface area contributed by atoms with E-state index in [0.29, 0.717) is 16.7 Å². The van der Waals surface area contributed by atoms with Crippen molar-refractivity contribution in [2.24, 2.45) is 4.99 Å². The van der Waals surface area contributed by atoms with Gasteiger partial charge in [0.25, 0.3) is 0 Å². The molecule has 44 heavy (non-hydrogen) atoms. The first-order valence-corrected chi connectivity index (χ1v) is 15.0. The predicted molar refractivity (Wildman–Crippen MR) is 161 cm³/mol. The van der Waals surface area contributed by atoms with E-state index in [2.05, 4.69) is 32.1 Å². The number of rotatable bonds is 8. The number of nitrogens with one attached hydrogen (secondary N) is 1. The van der Waals surface area contributed by atoms with Crippen LogP contribution in [0.25, 0.3) is 17.1 Å². The number of anilines is 1. The Morgan fingerprint density at radius 1 is 1.09 bits per heavy atom. The Kier molecular flexibility index (Phi) is 8.13. The van der Waals surface area contributed by atoms with Crippen LogP contribution in [0.1, 0.15) is 36.8 Å². The van der Waals surface area contributed by atoms with Crippen LogP contribution in [0.15, 0.2) is 84.1 Å². The number of halogens is 3. The van der Waals surface area contributed by atoms with Crippen LogP contribution in [-0.2, 0) is 11.2 Å². The summed E-state index contributed by atoms with van der Waals surface area (Å²) in [6.45, 7) is 2.08. The van der Waals surface area contributed by atoms with Gasteiger partial charge in [-0.15, -0.1) is 18.3 Å². The van der Waals surface area contributed by atoms with Crippen molar-refractivity contribution in [1.82, 2.24) is 20.1 Å². The fraction of sp³-hybridized carbons (Fsp3) is 0.258. The second kappa shape index (κ2) is 12.2. The number of para-hydroxylation sites is 1. The summed E-state index contributed by atoms with van der Waals surface area (Å²) in [4.78, 5) is 35.7. The maximum atomic E-state index is 12.8. The van der Waals surface area contributed by atoms with Crippen molar-refractivity contribution in [3.8, 4) is 22.8 Å². The van der Waals surface area contributed by atoms with Gasteiger partial charge in [-0.05, 0) is 54.3 Å². The summed E-state index contributed by atoms with van der Waals surface area (Å²) in [7, 11) is 0. The molecule has 1 N–H and O–H groups in total. The van der Waals surface area contributed by atoms with Gasteiger partial charge in [0.15, 0.2) is 11.0 Å². The third-order valence-electron chi connectivity index (χ3n) is 7.24. The summed E-state index contributed by atoms with van der Waals surface area (Å²) in [5.41, 5.74) is 4.16. The molecule has 0 bridgehead atoms. The molecule has 1 saturated carbocycles. The average molecular weight is 621 g/mol. The first kappa shape index (κ1) is 29.4. The Morgan fingerprint density at radius 3 is 2.57 bits per heavy atom. The summed E-state index contributed by atoms with van der Waals surface area (Å²) in [5, 5.41) is 7.79. The van der Waals surface area contributed by atoms with Crippen LogP contribution in [0.2, 0.25) is 0 Å². The molecule has 2 heterocycles. The van der Waals surface area contributed by atoms with E-state index < -0.39 is 12.4 Å². The van der Waals surface area contributed by atoms with E-state index in [9.17, 15) is 22.8 Å². The second-order valence-corrected chi connectivity index (χ2v) is 11.3. The first-order chi connectivity index (χ1) is 21.2. The van der Waals surface area contributed by atoms with Crippen molar-refractivity contribution in [2.45, 2.75) is 44.5 Å². The van der Waals surface area contributed by atoms with Gasteiger partial charge in [0.1, 0.15) is 12.1 Å². The van der Waals surface area contributed by atoms with E-state index in [1.807, 2.05) is 48.5 Å². The number of carbonyl (C=O) groups is 2. The lowest BCUT2D eigenvalue weighted by molar-refractivity contribution is -0.274. The Hall–Kier alpha value is -4.65. The number of thioether (sulfide) groups is 1. The fourth-order valence-corrected chi connectivity index (χ4v) is 5.95. The van der Waals surface area contributed by atoms with E-state index in [1.54, 1.807) is 4.90 Å². The van der Waals surface area contributed by atoms with Crippen molar-refractivity contribution in [2.75, 3.05) is 10.7 Å². The number of aliphatic imine (C=N–C) groups is 1. The number of aromatic nitrogens is 3. The number of hydrogen-bond donors (Lipinski definition) is 1. The molecule has 2 unspecified atom stereocenters. The van der Waals surface area contributed by atoms with Crippen LogP contribution >= 0.6 is 11.8 Å². The molecule has 0 spiro atoms. The molecular weight excluding hydrogens is 593 g/mol. The van der Waals surface area contributed by atoms with Crippen molar-refractivity contribution in [3.63, 3.8) is 0 Å². The van der Waals surface area contributed by atoms with Gasteiger partial charge in [-0.25, -0.2) is 14.5 Å². The minimum atomic E-state index is -4.76. The molecular formula is C31H27F3N6O3S. The lowest BCUT2D eigenvalue weighted by atomic mass is 10.1. The zero-order chi connectivity index (χ0) is 30.8. The molecule has 2 aliphatic rings. The molecule has 2 fully saturated rings. The van der Waals surface area contributed by atoms with Gasteiger partial charge in [-0.3, -0.25) is 9.69 Å². The van der Waals surface area contributed by atoms with Crippen LogP contribution in [0.4, 0.5) is 23.7 Å². The molecule has 4 aromatic rings. The van der Waals surface area contributed by atoms with Gasteiger partial charge in [0, 0.05) is 17.5 Å². The first-order valence-electron chi connectivity index (χ1n) is 14.0. The smallest absolute Gasteiger partial charge is 0.406 e. The molecule has 3 aromatic carbocycles. The quantitative estimate of drug-likeness (QED) is 0.242. The number of amides is 3. The van der Waals surface area contributed by atoms with Crippen molar-refractivity contribution in [3.05, 3.63) is 90.3 Å². The number of hydrogen-bond acceptors (Lipinski definition) is 6. The number of urea groups is 1. The monoisotopic (exact) mass is 620 g/mol. The molecule has 226 valence electrons. The van der Waals surface area contributed by atoms with E-state index in [0.717, 1.165) is 41.6 Å². The summed E-state index contributed by atoms with van der Waals surface area (Å²) < 4.78 is 42.6. The van der Waals surface area contributed by atoms with Gasteiger partial charge in [0.2, 0.25) is 5.91 Å². The fourth-order valence-electron chi connectivity index (χ4n) is 5.09. The lowest BCUT2D eigenvalue weighted by Crippen LogP contribution is -2.32. The maximum Gasteiger partial charge on any atom is 0.573 e. The van der Waals surface area contributed by atoms with E-state index in [4.69, 9.17) is 0 Å². The number of benzene rings is 3. The van der Waals surface area contributed by atoms with Crippen molar-refractivity contribution >= 4 is 34.6 Å².